The van der Waals surface area contributed by atoms with E-state index in [1.54, 1.807) is 37.4 Å². The highest BCUT2D eigenvalue weighted by molar-refractivity contribution is 7.93. The van der Waals surface area contributed by atoms with Crippen molar-refractivity contribution in [1.29, 1.82) is 0 Å². The zero-order chi connectivity index (χ0) is 17.9. The van der Waals surface area contributed by atoms with Gasteiger partial charge in [-0.05, 0) is 42.3 Å². The number of rotatable bonds is 5. The Morgan fingerprint density at radius 3 is 2.68 bits per heavy atom. The molecule has 0 N–H and O–H groups in total. The molecule has 0 radical (unpaired) electrons. The van der Waals surface area contributed by atoms with Crippen LogP contribution in [0.3, 0.4) is 0 Å². The molecule has 6 nitrogen and oxygen atoms in total. The summed E-state index contributed by atoms with van der Waals surface area (Å²) in [6.45, 7) is 0.549. The number of carbonyl (C=O) groups is 1. The number of benzene rings is 2. The summed E-state index contributed by atoms with van der Waals surface area (Å²) in [4.78, 5) is 12.3. The van der Waals surface area contributed by atoms with Crippen molar-refractivity contribution in [3.05, 3.63) is 59.7 Å². The molecule has 132 valence electrons. The van der Waals surface area contributed by atoms with E-state index in [-0.39, 0.29) is 12.4 Å². The van der Waals surface area contributed by atoms with Crippen LogP contribution >= 0.6 is 0 Å². The molecule has 0 aromatic heterocycles. The Kier molecular flexibility index (Phi) is 4.94. The molecule has 0 spiro atoms. The molecule has 3 rings (SSSR count). The minimum absolute atomic E-state index is 0.113. The van der Waals surface area contributed by atoms with Crippen LogP contribution in [0.5, 0.6) is 5.75 Å². The van der Waals surface area contributed by atoms with Crippen LogP contribution < -0.4 is 9.04 Å². The van der Waals surface area contributed by atoms with Crippen LogP contribution in [0.2, 0.25) is 0 Å². The Labute approximate surface area is 147 Å². The van der Waals surface area contributed by atoms with E-state index in [0.717, 1.165) is 5.56 Å². The summed E-state index contributed by atoms with van der Waals surface area (Å²) in [5.41, 5.74) is 1.63. The first-order chi connectivity index (χ1) is 12.0. The summed E-state index contributed by atoms with van der Waals surface area (Å²) >= 11 is 0. The average molecular weight is 361 g/mol. The number of carbonyl (C=O) groups excluding carboxylic acids is 1. The molecule has 1 aliphatic rings. The van der Waals surface area contributed by atoms with Crippen LogP contribution in [-0.2, 0) is 21.4 Å². The highest BCUT2D eigenvalue weighted by atomic mass is 32.2. The van der Waals surface area contributed by atoms with E-state index in [0.29, 0.717) is 30.0 Å². The van der Waals surface area contributed by atoms with Crippen LogP contribution in [0.25, 0.3) is 0 Å². The Balaban J connectivity index is 1.71. The summed E-state index contributed by atoms with van der Waals surface area (Å²) < 4.78 is 35.8. The minimum Gasteiger partial charge on any atom is -0.497 e. The van der Waals surface area contributed by atoms with Crippen LogP contribution in [0.15, 0.2) is 48.5 Å². The third kappa shape index (κ3) is 3.93. The fourth-order valence-corrected chi connectivity index (χ4v) is 4.27. The highest BCUT2D eigenvalue weighted by Gasteiger charge is 2.28. The second-order valence-corrected chi connectivity index (χ2v) is 7.73. The third-order valence-corrected chi connectivity index (χ3v) is 5.84. The molecule has 1 saturated heterocycles. The van der Waals surface area contributed by atoms with Gasteiger partial charge in [0.1, 0.15) is 12.4 Å². The number of methoxy groups -OCH3 is 1. The SMILES string of the molecule is COc1cccc(COC(=O)c2cccc(N3CCCS3(=O)=O)c2)c1. The summed E-state index contributed by atoms with van der Waals surface area (Å²) in [7, 11) is -1.71. The molecular formula is C18H19NO5S. The van der Waals surface area contributed by atoms with E-state index in [1.807, 2.05) is 18.2 Å². The first kappa shape index (κ1) is 17.3. The smallest absolute Gasteiger partial charge is 0.338 e. The molecule has 25 heavy (non-hydrogen) atoms. The van der Waals surface area contributed by atoms with Gasteiger partial charge >= 0.3 is 5.97 Å². The first-order valence-corrected chi connectivity index (χ1v) is 9.51. The van der Waals surface area contributed by atoms with E-state index in [2.05, 4.69) is 0 Å². The molecule has 0 atom stereocenters. The molecule has 1 heterocycles. The Hall–Kier alpha value is -2.54. The Morgan fingerprint density at radius 2 is 1.96 bits per heavy atom. The van der Waals surface area contributed by atoms with Gasteiger partial charge in [-0.25, -0.2) is 13.2 Å². The van der Waals surface area contributed by atoms with Gasteiger partial charge in [0.05, 0.1) is 24.1 Å². The molecule has 1 fully saturated rings. The molecule has 0 bridgehead atoms. The van der Waals surface area contributed by atoms with Gasteiger partial charge in [0, 0.05) is 6.54 Å². The normalized spacial score (nSPS) is 15.8. The second-order valence-electron chi connectivity index (χ2n) is 5.72. The van der Waals surface area contributed by atoms with Crippen LogP contribution in [0, 0.1) is 0 Å². The van der Waals surface area contributed by atoms with Crippen molar-refractivity contribution in [3.8, 4) is 5.75 Å². The van der Waals surface area contributed by atoms with E-state index in [4.69, 9.17) is 9.47 Å². The van der Waals surface area contributed by atoms with E-state index < -0.39 is 16.0 Å². The quantitative estimate of drug-likeness (QED) is 0.766. The van der Waals surface area contributed by atoms with Gasteiger partial charge in [-0.15, -0.1) is 0 Å². The monoisotopic (exact) mass is 361 g/mol. The van der Waals surface area contributed by atoms with Gasteiger partial charge in [0.25, 0.3) is 0 Å². The molecular weight excluding hydrogens is 342 g/mol. The Bertz CT molecular complexity index is 879. The van der Waals surface area contributed by atoms with Crippen LogP contribution in [-0.4, -0.2) is 33.8 Å². The fraction of sp³-hybridized carbons (Fsp3) is 0.278. The number of anilines is 1. The number of esters is 1. The fourth-order valence-electron chi connectivity index (χ4n) is 2.71. The molecule has 0 amide bonds. The predicted octanol–water partition coefficient (Wildman–Crippen LogP) is 2.59. The third-order valence-electron chi connectivity index (χ3n) is 3.97. The van der Waals surface area contributed by atoms with Gasteiger partial charge in [0.15, 0.2) is 0 Å². The summed E-state index contributed by atoms with van der Waals surface area (Å²) in [6, 6.07) is 13.8. The molecule has 0 saturated carbocycles. The van der Waals surface area contributed by atoms with Gasteiger partial charge in [-0.2, -0.15) is 0 Å². The van der Waals surface area contributed by atoms with Crippen molar-refractivity contribution in [2.24, 2.45) is 0 Å². The van der Waals surface area contributed by atoms with Gasteiger partial charge < -0.3 is 9.47 Å². The summed E-state index contributed by atoms with van der Waals surface area (Å²) in [6.07, 6.45) is 0.590. The number of sulfonamides is 1. The zero-order valence-corrected chi connectivity index (χ0v) is 14.7. The maximum atomic E-state index is 12.3. The second kappa shape index (κ2) is 7.14. The lowest BCUT2D eigenvalue weighted by Gasteiger charge is -2.17. The van der Waals surface area contributed by atoms with E-state index in [9.17, 15) is 13.2 Å². The lowest BCUT2D eigenvalue weighted by atomic mass is 10.2. The van der Waals surface area contributed by atoms with Crippen molar-refractivity contribution >= 4 is 21.7 Å². The average Bonchev–Trinajstić information content (AvgIpc) is 2.99. The zero-order valence-electron chi connectivity index (χ0n) is 13.8. The molecule has 1 aliphatic heterocycles. The minimum atomic E-state index is -3.28. The number of hydrogen-bond donors (Lipinski definition) is 0. The first-order valence-electron chi connectivity index (χ1n) is 7.90. The van der Waals surface area contributed by atoms with Crippen LogP contribution in [0.1, 0.15) is 22.3 Å². The van der Waals surface area contributed by atoms with Gasteiger partial charge in [-0.3, -0.25) is 4.31 Å². The number of hydrogen-bond acceptors (Lipinski definition) is 5. The maximum absolute atomic E-state index is 12.3. The lowest BCUT2D eigenvalue weighted by Crippen LogP contribution is -2.25. The molecule has 7 heteroatoms. The van der Waals surface area contributed by atoms with Gasteiger partial charge in [-0.1, -0.05) is 18.2 Å². The summed E-state index contributed by atoms with van der Waals surface area (Å²) in [5, 5.41) is 0. The predicted molar refractivity (Wildman–Crippen MR) is 94.3 cm³/mol. The maximum Gasteiger partial charge on any atom is 0.338 e. The van der Waals surface area contributed by atoms with Gasteiger partial charge in [0.2, 0.25) is 10.0 Å². The van der Waals surface area contributed by atoms with Crippen LogP contribution in [0.4, 0.5) is 5.69 Å². The topological polar surface area (TPSA) is 72.9 Å². The number of ether oxygens (including phenoxy) is 2. The Morgan fingerprint density at radius 1 is 1.16 bits per heavy atom. The molecule has 2 aromatic carbocycles. The lowest BCUT2D eigenvalue weighted by molar-refractivity contribution is 0.0472. The highest BCUT2D eigenvalue weighted by Crippen LogP contribution is 2.25. The standard InChI is InChI=1S/C18H19NO5S/c1-23-17-8-2-5-14(11-17)13-24-18(20)15-6-3-7-16(12-15)19-9-4-10-25(19,21)22/h2-3,5-8,11-12H,4,9-10,13H2,1H3. The van der Waals surface area contributed by atoms with E-state index in [1.165, 1.54) is 4.31 Å². The molecule has 2 aromatic rings. The van der Waals surface area contributed by atoms with Crippen molar-refractivity contribution < 1.29 is 22.7 Å². The number of nitrogens with zero attached hydrogens (tertiary/aromatic N) is 1. The van der Waals surface area contributed by atoms with Crippen molar-refractivity contribution in [3.63, 3.8) is 0 Å². The molecule has 0 unspecified atom stereocenters. The van der Waals surface area contributed by atoms with Crippen molar-refractivity contribution in [1.82, 2.24) is 0 Å². The summed E-state index contributed by atoms with van der Waals surface area (Å²) in [5.74, 6) is 0.327. The van der Waals surface area contributed by atoms with Crippen molar-refractivity contribution in [2.75, 3.05) is 23.7 Å². The molecule has 0 aliphatic carbocycles. The van der Waals surface area contributed by atoms with Crippen molar-refractivity contribution in [2.45, 2.75) is 13.0 Å². The largest absolute Gasteiger partial charge is 0.497 e. The van der Waals surface area contributed by atoms with E-state index >= 15 is 0 Å².